The third kappa shape index (κ3) is 3.57. The van der Waals surface area contributed by atoms with Gasteiger partial charge in [0.25, 0.3) is 0 Å². The van der Waals surface area contributed by atoms with Crippen LogP contribution in [0.25, 0.3) is 10.9 Å². The van der Waals surface area contributed by atoms with Crippen LogP contribution in [0.5, 0.6) is 5.75 Å². The molecule has 2 heterocycles. The van der Waals surface area contributed by atoms with Gasteiger partial charge in [-0.15, -0.1) is 0 Å². The maximum Gasteiger partial charge on any atom is 0.411 e. The molecule has 1 amide bonds. The minimum absolute atomic E-state index is 0.237. The average Bonchev–Trinajstić information content (AvgIpc) is 2.95. The summed E-state index contributed by atoms with van der Waals surface area (Å²) >= 11 is 12.7. The lowest BCUT2D eigenvalue weighted by Gasteiger charge is -2.30. The fourth-order valence-electron chi connectivity index (χ4n) is 3.56. The Hall–Kier alpha value is -2.25. The lowest BCUT2D eigenvalue weighted by molar-refractivity contribution is -0.147. The highest BCUT2D eigenvalue weighted by Gasteiger charge is 2.47. The predicted molar refractivity (Wildman–Crippen MR) is 110 cm³/mol. The molecule has 2 atom stereocenters. The van der Waals surface area contributed by atoms with Gasteiger partial charge in [0.15, 0.2) is 6.04 Å². The first-order chi connectivity index (χ1) is 13.5. The number of esters is 1. The minimum atomic E-state index is -0.989. The van der Waals surface area contributed by atoms with Gasteiger partial charge in [0, 0.05) is 17.1 Å². The Bertz CT molecular complexity index is 1000. The van der Waals surface area contributed by atoms with Crippen molar-refractivity contribution in [3.05, 3.63) is 33.4 Å². The molecule has 1 aliphatic rings. The molecule has 1 aromatic heterocycles. The number of hydrogen-bond donors (Lipinski definition) is 0. The van der Waals surface area contributed by atoms with E-state index in [4.69, 9.17) is 37.4 Å². The molecule has 29 heavy (non-hydrogen) atoms. The summed E-state index contributed by atoms with van der Waals surface area (Å²) in [7, 11) is 2.75. The molecule has 156 valence electrons. The molecule has 0 fully saturated rings. The zero-order valence-corrected chi connectivity index (χ0v) is 18.5. The van der Waals surface area contributed by atoms with E-state index in [9.17, 15) is 9.59 Å². The zero-order valence-electron chi connectivity index (χ0n) is 17.0. The highest BCUT2D eigenvalue weighted by molar-refractivity contribution is 6.46. The van der Waals surface area contributed by atoms with Crippen LogP contribution in [-0.4, -0.2) is 41.8 Å². The van der Waals surface area contributed by atoms with Crippen molar-refractivity contribution in [2.75, 3.05) is 14.2 Å². The third-order valence-electron chi connectivity index (χ3n) is 4.74. The minimum Gasteiger partial charge on any atom is -0.495 e. The lowest BCUT2D eigenvalue weighted by atomic mass is 9.99. The quantitative estimate of drug-likeness (QED) is 0.606. The van der Waals surface area contributed by atoms with Crippen LogP contribution in [0.4, 0.5) is 4.79 Å². The molecule has 0 bridgehead atoms. The molecular weight excluding hydrogens is 419 g/mol. The number of benzene rings is 1. The van der Waals surface area contributed by atoms with Crippen molar-refractivity contribution in [3.63, 3.8) is 0 Å². The Kier molecular flexibility index (Phi) is 5.58. The van der Waals surface area contributed by atoms with E-state index in [1.54, 1.807) is 33.8 Å². The molecule has 0 aliphatic carbocycles. The molecule has 3 rings (SSSR count). The molecule has 0 saturated carbocycles. The van der Waals surface area contributed by atoms with Crippen molar-refractivity contribution in [1.29, 1.82) is 0 Å². The monoisotopic (exact) mass is 440 g/mol. The smallest absolute Gasteiger partial charge is 0.411 e. The number of methoxy groups -OCH3 is 2. The molecule has 2 aromatic rings. The predicted octanol–water partition coefficient (Wildman–Crippen LogP) is 5.08. The van der Waals surface area contributed by atoms with E-state index in [1.807, 2.05) is 0 Å². The van der Waals surface area contributed by atoms with Crippen molar-refractivity contribution >= 4 is 46.2 Å². The van der Waals surface area contributed by atoms with Gasteiger partial charge < -0.3 is 14.2 Å². The fraction of sp³-hybridized carbons (Fsp3) is 0.450. The van der Waals surface area contributed by atoms with Gasteiger partial charge in [0.2, 0.25) is 0 Å². The van der Waals surface area contributed by atoms with Crippen LogP contribution in [0.15, 0.2) is 12.3 Å². The molecule has 0 radical (unpaired) electrons. The molecule has 7 nitrogen and oxygen atoms in total. The zero-order chi connectivity index (χ0) is 21.7. The van der Waals surface area contributed by atoms with Crippen molar-refractivity contribution in [2.45, 2.75) is 45.4 Å². The summed E-state index contributed by atoms with van der Waals surface area (Å²) in [4.78, 5) is 31.3. The van der Waals surface area contributed by atoms with Gasteiger partial charge in [0.05, 0.1) is 30.8 Å². The molecule has 9 heteroatoms. The topological polar surface area (TPSA) is 78.0 Å². The average molecular weight is 441 g/mol. The van der Waals surface area contributed by atoms with Crippen molar-refractivity contribution in [3.8, 4) is 5.75 Å². The largest absolute Gasteiger partial charge is 0.495 e. The van der Waals surface area contributed by atoms with Gasteiger partial charge in [-0.05, 0) is 39.3 Å². The second-order valence-corrected chi connectivity index (χ2v) is 8.48. The van der Waals surface area contributed by atoms with E-state index >= 15 is 0 Å². The normalized spacial score (nSPS) is 18.6. The number of carbonyl (C=O) groups excluding carboxylic acids is 2. The van der Waals surface area contributed by atoms with Crippen molar-refractivity contribution in [1.82, 2.24) is 9.88 Å². The van der Waals surface area contributed by atoms with Crippen LogP contribution in [0.3, 0.4) is 0 Å². The first-order valence-corrected chi connectivity index (χ1v) is 9.71. The summed E-state index contributed by atoms with van der Waals surface area (Å²) in [6.45, 7) is 7.08. The maximum absolute atomic E-state index is 13.0. The first-order valence-electron chi connectivity index (χ1n) is 8.95. The highest BCUT2D eigenvalue weighted by Crippen LogP contribution is 2.48. The Morgan fingerprint density at radius 3 is 2.38 bits per heavy atom. The van der Waals surface area contributed by atoms with Gasteiger partial charge in [0.1, 0.15) is 16.4 Å². The summed E-state index contributed by atoms with van der Waals surface area (Å²) in [6.07, 6.45) is 0.895. The first kappa shape index (κ1) is 21.5. The number of hydrogen-bond acceptors (Lipinski definition) is 6. The highest BCUT2D eigenvalue weighted by atomic mass is 35.5. The van der Waals surface area contributed by atoms with Crippen LogP contribution in [-0.2, 0) is 14.3 Å². The van der Waals surface area contributed by atoms with Crippen LogP contribution in [0.2, 0.25) is 10.0 Å². The van der Waals surface area contributed by atoms with E-state index in [0.717, 1.165) is 0 Å². The van der Waals surface area contributed by atoms with Crippen LogP contribution < -0.4 is 4.74 Å². The standard InChI is InChI=1S/C20H22Cl2N2O5/c1-9-13-10-7-12(27-5)14(21)15(22)16(10)23-8-11(13)17(18(25)28-6)24(9)19(26)29-20(2,3)4/h7-9,17H,1-6H3/t9-,17?/m0/s1. The van der Waals surface area contributed by atoms with E-state index in [0.29, 0.717) is 27.8 Å². The Morgan fingerprint density at radius 2 is 1.83 bits per heavy atom. The second kappa shape index (κ2) is 7.54. The summed E-state index contributed by atoms with van der Waals surface area (Å²) in [6, 6.07) is 0.215. The SMILES string of the molecule is COC(=O)C1c2cnc3c(Cl)c(Cl)c(OC)cc3c2[C@H](C)N1C(=O)OC(C)(C)C. The summed E-state index contributed by atoms with van der Waals surface area (Å²) in [5.41, 5.74) is 0.987. The maximum atomic E-state index is 13.0. The van der Waals surface area contributed by atoms with Crippen LogP contribution in [0, 0.1) is 0 Å². The number of ether oxygens (including phenoxy) is 3. The molecule has 0 saturated heterocycles. The molecule has 1 aromatic carbocycles. The van der Waals surface area contributed by atoms with Crippen molar-refractivity contribution in [2.24, 2.45) is 0 Å². The Balaban J connectivity index is 2.26. The number of rotatable bonds is 2. The number of nitrogens with zero attached hydrogens (tertiary/aromatic N) is 2. The van der Waals surface area contributed by atoms with Gasteiger partial charge >= 0.3 is 12.1 Å². The number of carbonyl (C=O) groups is 2. The molecule has 0 spiro atoms. The van der Waals surface area contributed by atoms with Gasteiger partial charge in [-0.1, -0.05) is 23.2 Å². The fourth-order valence-corrected chi connectivity index (χ4v) is 4.02. The Labute approximate surface area is 178 Å². The van der Waals surface area contributed by atoms with Crippen LogP contribution >= 0.6 is 23.2 Å². The molecule has 1 aliphatic heterocycles. The number of aromatic nitrogens is 1. The van der Waals surface area contributed by atoms with Gasteiger partial charge in [-0.2, -0.15) is 0 Å². The third-order valence-corrected chi connectivity index (χ3v) is 5.58. The number of pyridine rings is 1. The van der Waals surface area contributed by atoms with E-state index in [-0.39, 0.29) is 10.0 Å². The number of halogens is 2. The summed E-state index contributed by atoms with van der Waals surface area (Å²) in [5.74, 6) is -0.216. The molecular formula is C20H22Cl2N2O5. The number of amides is 1. The lowest BCUT2D eigenvalue weighted by Crippen LogP contribution is -2.40. The molecule has 1 unspecified atom stereocenters. The van der Waals surface area contributed by atoms with Gasteiger partial charge in [-0.25, -0.2) is 9.59 Å². The van der Waals surface area contributed by atoms with Crippen LogP contribution in [0.1, 0.15) is 50.9 Å². The van der Waals surface area contributed by atoms with E-state index < -0.39 is 29.7 Å². The van der Waals surface area contributed by atoms with Gasteiger partial charge in [-0.3, -0.25) is 9.88 Å². The van der Waals surface area contributed by atoms with E-state index in [1.165, 1.54) is 25.3 Å². The molecule has 0 N–H and O–H groups in total. The second-order valence-electron chi connectivity index (χ2n) is 7.72. The summed E-state index contributed by atoms with van der Waals surface area (Å²) in [5, 5.41) is 1.12. The van der Waals surface area contributed by atoms with Crippen molar-refractivity contribution < 1.29 is 23.8 Å². The number of fused-ring (bicyclic) bond motifs is 3. The van der Waals surface area contributed by atoms with E-state index in [2.05, 4.69) is 4.98 Å². The summed E-state index contributed by atoms with van der Waals surface area (Å²) < 4.78 is 15.8. The Morgan fingerprint density at radius 1 is 1.17 bits per heavy atom.